The second kappa shape index (κ2) is 5.80. The van der Waals surface area contributed by atoms with Gasteiger partial charge in [0.25, 0.3) is 0 Å². The van der Waals surface area contributed by atoms with E-state index in [2.05, 4.69) is 10.0 Å². The Morgan fingerprint density at radius 2 is 2.24 bits per heavy atom. The number of anilines is 2. The third kappa shape index (κ3) is 3.29. The molecule has 21 heavy (non-hydrogen) atoms. The number of nitrogens with two attached hydrogens (primary N) is 1. The highest BCUT2D eigenvalue weighted by Gasteiger charge is 2.39. The summed E-state index contributed by atoms with van der Waals surface area (Å²) in [7, 11) is -2.17. The van der Waals surface area contributed by atoms with E-state index < -0.39 is 15.6 Å². The van der Waals surface area contributed by atoms with Gasteiger partial charge in [-0.3, -0.25) is 0 Å². The molecule has 0 aromatic heterocycles. The van der Waals surface area contributed by atoms with Gasteiger partial charge >= 0.3 is 0 Å². The van der Waals surface area contributed by atoms with Gasteiger partial charge in [-0.15, -0.1) is 0 Å². The van der Waals surface area contributed by atoms with Crippen LogP contribution in [0.25, 0.3) is 0 Å². The van der Waals surface area contributed by atoms with Crippen LogP contribution in [0.5, 0.6) is 0 Å². The molecule has 0 spiro atoms. The molecule has 0 amide bonds. The van der Waals surface area contributed by atoms with E-state index in [1.54, 1.807) is 6.07 Å². The van der Waals surface area contributed by atoms with Crippen LogP contribution in [0.3, 0.4) is 0 Å². The van der Waals surface area contributed by atoms with E-state index in [0.717, 1.165) is 0 Å². The number of rotatable bonds is 5. The number of ether oxygens (including phenoxy) is 1. The molecule has 1 aliphatic rings. The lowest BCUT2D eigenvalue weighted by atomic mass is 9.96. The average Bonchev–Trinajstić information content (AvgIpc) is 2.77. The molecule has 0 bridgehead atoms. The van der Waals surface area contributed by atoms with Crippen molar-refractivity contribution >= 4 is 21.4 Å². The second-order valence-corrected chi connectivity index (χ2v) is 7.06. The van der Waals surface area contributed by atoms with E-state index in [-0.39, 0.29) is 17.5 Å². The maximum atomic E-state index is 11.7. The van der Waals surface area contributed by atoms with Crippen LogP contribution in [0, 0.1) is 0 Å². The topological polar surface area (TPSA) is 114 Å². The Kier molecular flexibility index (Phi) is 4.43. The highest BCUT2D eigenvalue weighted by molar-refractivity contribution is 7.89. The molecule has 1 heterocycles. The maximum Gasteiger partial charge on any atom is 0.240 e. The minimum Gasteiger partial charge on any atom is -0.397 e. The van der Waals surface area contributed by atoms with Crippen molar-refractivity contribution in [1.82, 2.24) is 4.72 Å². The van der Waals surface area contributed by atoms with Gasteiger partial charge in [0.2, 0.25) is 10.0 Å². The van der Waals surface area contributed by atoms with E-state index in [0.29, 0.717) is 24.4 Å². The van der Waals surface area contributed by atoms with Crippen LogP contribution in [0.1, 0.15) is 13.3 Å². The van der Waals surface area contributed by atoms with Crippen LogP contribution in [0.15, 0.2) is 23.1 Å². The Morgan fingerprint density at radius 1 is 1.52 bits per heavy atom. The van der Waals surface area contributed by atoms with Gasteiger partial charge in [0.15, 0.2) is 0 Å². The van der Waals surface area contributed by atoms with E-state index in [4.69, 9.17) is 10.5 Å². The minimum atomic E-state index is -3.52. The second-order valence-electron chi connectivity index (χ2n) is 5.18. The van der Waals surface area contributed by atoms with Gasteiger partial charge in [0.05, 0.1) is 22.4 Å². The molecular formula is C13H21N3O4S. The zero-order valence-corrected chi connectivity index (χ0v) is 12.9. The first-order chi connectivity index (χ1) is 9.78. The predicted molar refractivity (Wildman–Crippen MR) is 80.6 cm³/mol. The van der Waals surface area contributed by atoms with Gasteiger partial charge in [-0.2, -0.15) is 0 Å². The van der Waals surface area contributed by atoms with Gasteiger partial charge in [-0.1, -0.05) is 0 Å². The number of benzene rings is 1. The van der Waals surface area contributed by atoms with Crippen molar-refractivity contribution in [1.29, 1.82) is 0 Å². The van der Waals surface area contributed by atoms with E-state index in [1.165, 1.54) is 19.2 Å². The number of nitrogen functional groups attached to an aromatic ring is 1. The summed E-state index contributed by atoms with van der Waals surface area (Å²) in [6.45, 7) is 2.63. The normalized spacial score (nSPS) is 26.0. The number of nitrogens with one attached hydrogen (secondary N) is 2. The average molecular weight is 315 g/mol. The monoisotopic (exact) mass is 315 g/mol. The zero-order valence-electron chi connectivity index (χ0n) is 12.1. The van der Waals surface area contributed by atoms with Crippen molar-refractivity contribution in [2.45, 2.75) is 29.9 Å². The summed E-state index contributed by atoms with van der Waals surface area (Å²) in [6, 6.07) is 4.43. The minimum absolute atomic E-state index is 0.101. The standard InChI is InChI=1S/C13H21N3O4S/c1-9-13(17,5-6-20-9)8-16-12-4-3-10(7-11(12)14)21(18,19)15-2/h3-4,7,9,15-17H,5-6,8,14H2,1-2H3. The quantitative estimate of drug-likeness (QED) is 0.574. The maximum absolute atomic E-state index is 11.7. The van der Waals surface area contributed by atoms with E-state index in [1.807, 2.05) is 6.92 Å². The molecule has 2 atom stereocenters. The van der Waals surface area contributed by atoms with Crippen molar-refractivity contribution in [2.75, 3.05) is 31.2 Å². The van der Waals surface area contributed by atoms with Crippen molar-refractivity contribution in [2.24, 2.45) is 0 Å². The van der Waals surface area contributed by atoms with Crippen molar-refractivity contribution in [3.8, 4) is 0 Å². The molecule has 1 aromatic carbocycles. The first-order valence-electron chi connectivity index (χ1n) is 6.69. The van der Waals surface area contributed by atoms with Crippen LogP contribution in [-0.4, -0.2) is 45.4 Å². The number of hydrogen-bond acceptors (Lipinski definition) is 6. The highest BCUT2D eigenvalue weighted by atomic mass is 32.2. The molecule has 2 rings (SSSR count). The molecule has 1 aromatic rings. The number of sulfonamides is 1. The van der Waals surface area contributed by atoms with Gasteiger partial charge in [0, 0.05) is 19.6 Å². The Hall–Kier alpha value is -1.35. The molecular weight excluding hydrogens is 294 g/mol. The fourth-order valence-corrected chi connectivity index (χ4v) is 3.00. The first kappa shape index (κ1) is 16.0. The smallest absolute Gasteiger partial charge is 0.240 e. The lowest BCUT2D eigenvalue weighted by Crippen LogP contribution is -2.43. The molecule has 1 aliphatic heterocycles. The number of hydrogen-bond donors (Lipinski definition) is 4. The highest BCUT2D eigenvalue weighted by Crippen LogP contribution is 2.28. The molecule has 1 saturated heterocycles. The summed E-state index contributed by atoms with van der Waals surface area (Å²) in [4.78, 5) is 0.101. The van der Waals surface area contributed by atoms with Gasteiger partial charge in [-0.05, 0) is 32.2 Å². The zero-order chi connectivity index (χ0) is 15.7. The van der Waals surface area contributed by atoms with Crippen LogP contribution in [-0.2, 0) is 14.8 Å². The lowest BCUT2D eigenvalue weighted by Gasteiger charge is -2.27. The molecule has 2 unspecified atom stereocenters. The summed E-state index contributed by atoms with van der Waals surface area (Å²) in [5.41, 5.74) is 5.81. The van der Waals surface area contributed by atoms with Crippen LogP contribution >= 0.6 is 0 Å². The molecule has 8 heteroatoms. The molecule has 5 N–H and O–H groups in total. The van der Waals surface area contributed by atoms with Crippen molar-refractivity contribution in [3.05, 3.63) is 18.2 Å². The van der Waals surface area contributed by atoms with E-state index >= 15 is 0 Å². The van der Waals surface area contributed by atoms with Crippen LogP contribution in [0.4, 0.5) is 11.4 Å². The molecule has 0 saturated carbocycles. The summed E-state index contributed by atoms with van der Waals surface area (Å²) in [6.07, 6.45) is 0.294. The fraction of sp³-hybridized carbons (Fsp3) is 0.538. The van der Waals surface area contributed by atoms with Gasteiger partial charge in [0.1, 0.15) is 5.60 Å². The summed E-state index contributed by atoms with van der Waals surface area (Å²) in [5.74, 6) is 0. The van der Waals surface area contributed by atoms with Crippen LogP contribution < -0.4 is 15.8 Å². The third-order valence-electron chi connectivity index (χ3n) is 3.85. The third-order valence-corrected chi connectivity index (χ3v) is 5.26. The predicted octanol–water partition coefficient (Wildman–Crippen LogP) is 0.129. The first-order valence-corrected chi connectivity index (χ1v) is 8.18. The Balaban J connectivity index is 2.12. The lowest BCUT2D eigenvalue weighted by molar-refractivity contribution is -0.0175. The molecule has 1 fully saturated rings. The van der Waals surface area contributed by atoms with Crippen LogP contribution in [0.2, 0.25) is 0 Å². The Labute approximate surface area is 124 Å². The summed E-state index contributed by atoms with van der Waals surface area (Å²) in [5, 5.41) is 13.5. The largest absolute Gasteiger partial charge is 0.397 e. The van der Waals surface area contributed by atoms with Crippen molar-refractivity contribution in [3.63, 3.8) is 0 Å². The number of aliphatic hydroxyl groups is 1. The summed E-state index contributed by atoms with van der Waals surface area (Å²) < 4.78 is 31.0. The van der Waals surface area contributed by atoms with Gasteiger partial charge < -0.3 is 20.9 Å². The van der Waals surface area contributed by atoms with E-state index in [9.17, 15) is 13.5 Å². The molecule has 118 valence electrons. The molecule has 0 aliphatic carbocycles. The Morgan fingerprint density at radius 3 is 2.76 bits per heavy atom. The molecule has 0 radical (unpaired) electrons. The molecule has 7 nitrogen and oxygen atoms in total. The fourth-order valence-electron chi connectivity index (χ4n) is 2.24. The van der Waals surface area contributed by atoms with Gasteiger partial charge in [-0.25, -0.2) is 13.1 Å². The van der Waals surface area contributed by atoms with Crippen molar-refractivity contribution < 1.29 is 18.3 Å². The Bertz CT molecular complexity index is 620. The SMILES string of the molecule is CNS(=O)(=O)c1ccc(NCC2(O)CCOC2C)c(N)c1. The summed E-state index contributed by atoms with van der Waals surface area (Å²) >= 11 is 0.